The van der Waals surface area contributed by atoms with Crippen LogP contribution in [0.3, 0.4) is 0 Å². The van der Waals surface area contributed by atoms with Crippen molar-refractivity contribution in [1.82, 2.24) is 19.5 Å². The lowest BCUT2D eigenvalue weighted by molar-refractivity contribution is 0.0824. The largest absolute Gasteiger partial charge is 0.385 e. The Kier molecular flexibility index (Phi) is 4.13. The second kappa shape index (κ2) is 6.44. The molecule has 1 saturated heterocycles. The molecule has 3 aromatic rings. The average molecular weight is 337 g/mol. The summed E-state index contributed by atoms with van der Waals surface area (Å²) >= 11 is 0. The highest BCUT2D eigenvalue weighted by atomic mass is 16.3. The van der Waals surface area contributed by atoms with E-state index in [1.807, 2.05) is 17.8 Å². The van der Waals surface area contributed by atoms with Crippen molar-refractivity contribution in [3.05, 3.63) is 48.3 Å². The number of para-hydroxylation sites is 1. The molecule has 0 bridgehead atoms. The molecule has 1 aromatic carbocycles. The van der Waals surface area contributed by atoms with Gasteiger partial charge in [-0.2, -0.15) is 0 Å². The summed E-state index contributed by atoms with van der Waals surface area (Å²) in [5, 5.41) is 11.8. The summed E-state index contributed by atoms with van der Waals surface area (Å²) in [4.78, 5) is 15.6. The van der Waals surface area contributed by atoms with Crippen molar-refractivity contribution in [2.24, 2.45) is 13.0 Å². The first kappa shape index (κ1) is 16.0. The fraction of sp³-hybridized carbons (Fsp3) is 0.421. The van der Waals surface area contributed by atoms with Crippen molar-refractivity contribution in [3.8, 4) is 0 Å². The number of hydrogen-bond acceptors (Lipinski definition) is 5. The van der Waals surface area contributed by atoms with E-state index < -0.39 is 6.10 Å². The predicted octanol–water partition coefficient (Wildman–Crippen LogP) is 2.62. The van der Waals surface area contributed by atoms with E-state index in [0.717, 1.165) is 48.5 Å². The number of nitrogens with zero attached hydrogens (tertiary/aromatic N) is 5. The molecule has 25 heavy (non-hydrogen) atoms. The van der Waals surface area contributed by atoms with Crippen molar-refractivity contribution in [2.75, 3.05) is 18.0 Å². The van der Waals surface area contributed by atoms with Crippen molar-refractivity contribution < 1.29 is 5.11 Å². The number of hydrogen-bond donors (Lipinski definition) is 1. The summed E-state index contributed by atoms with van der Waals surface area (Å²) in [5.74, 6) is 1.98. The van der Waals surface area contributed by atoms with Gasteiger partial charge in [0.1, 0.15) is 24.1 Å². The SMILES string of the molecule is Cc1cccc2c(N3CCC(C(O)c4nccn4C)CC3)ncnc12. The Balaban J connectivity index is 1.53. The number of aliphatic hydroxyl groups is 1. The third kappa shape index (κ3) is 2.87. The van der Waals surface area contributed by atoms with Gasteiger partial charge in [0.15, 0.2) is 0 Å². The number of rotatable bonds is 3. The molecular formula is C19H23N5O. The molecule has 1 aliphatic heterocycles. The Morgan fingerprint density at radius 3 is 2.68 bits per heavy atom. The second-order valence-corrected chi connectivity index (χ2v) is 6.83. The number of aryl methyl sites for hydroxylation is 2. The van der Waals surface area contributed by atoms with Gasteiger partial charge in [-0.3, -0.25) is 0 Å². The summed E-state index contributed by atoms with van der Waals surface area (Å²) in [5.41, 5.74) is 2.18. The van der Waals surface area contributed by atoms with E-state index in [1.165, 1.54) is 5.56 Å². The summed E-state index contributed by atoms with van der Waals surface area (Å²) in [6.45, 7) is 3.84. The smallest absolute Gasteiger partial charge is 0.139 e. The lowest BCUT2D eigenvalue weighted by Gasteiger charge is -2.35. The Labute approximate surface area is 147 Å². The van der Waals surface area contributed by atoms with Gasteiger partial charge in [-0.15, -0.1) is 0 Å². The molecule has 0 radical (unpaired) electrons. The van der Waals surface area contributed by atoms with Gasteiger partial charge in [-0.1, -0.05) is 12.1 Å². The van der Waals surface area contributed by atoms with Crippen LogP contribution in [0.5, 0.6) is 0 Å². The first-order valence-electron chi connectivity index (χ1n) is 8.75. The van der Waals surface area contributed by atoms with Crippen molar-refractivity contribution in [1.29, 1.82) is 0 Å². The van der Waals surface area contributed by atoms with Crippen molar-refractivity contribution >= 4 is 16.7 Å². The van der Waals surface area contributed by atoms with E-state index in [-0.39, 0.29) is 5.92 Å². The molecule has 1 aliphatic rings. The van der Waals surface area contributed by atoms with Crippen LogP contribution < -0.4 is 4.90 Å². The summed E-state index contributed by atoms with van der Waals surface area (Å²) in [6.07, 6.45) is 6.61. The molecule has 1 atom stereocenters. The standard InChI is InChI=1S/C19H23N5O/c1-13-4-3-5-15-16(13)21-12-22-18(15)24-9-6-14(7-10-24)17(25)19-20-8-11-23(19)2/h3-5,8,11-12,14,17,25H,6-7,9-10H2,1-2H3. The molecule has 1 N–H and O–H groups in total. The highest BCUT2D eigenvalue weighted by Crippen LogP contribution is 2.33. The minimum atomic E-state index is -0.508. The molecule has 0 amide bonds. The van der Waals surface area contributed by atoms with E-state index in [9.17, 15) is 5.11 Å². The van der Waals surface area contributed by atoms with E-state index >= 15 is 0 Å². The van der Waals surface area contributed by atoms with Gasteiger partial charge in [0.05, 0.1) is 5.52 Å². The summed E-state index contributed by atoms with van der Waals surface area (Å²) in [7, 11) is 1.93. The molecule has 0 spiro atoms. The lowest BCUT2D eigenvalue weighted by atomic mass is 9.90. The van der Waals surface area contributed by atoms with Gasteiger partial charge in [0.25, 0.3) is 0 Å². The molecule has 1 fully saturated rings. The number of imidazole rings is 1. The molecule has 130 valence electrons. The maximum Gasteiger partial charge on any atom is 0.139 e. The third-order valence-corrected chi connectivity index (χ3v) is 5.25. The predicted molar refractivity (Wildman–Crippen MR) is 97.4 cm³/mol. The molecule has 6 nitrogen and oxygen atoms in total. The fourth-order valence-corrected chi connectivity index (χ4v) is 3.77. The molecule has 2 aromatic heterocycles. The number of fused-ring (bicyclic) bond motifs is 1. The number of piperidine rings is 1. The number of aliphatic hydroxyl groups excluding tert-OH is 1. The van der Waals surface area contributed by atoms with Gasteiger partial charge in [-0.25, -0.2) is 15.0 Å². The van der Waals surface area contributed by atoms with Crippen LogP contribution in [0, 0.1) is 12.8 Å². The Bertz CT molecular complexity index is 882. The highest BCUT2D eigenvalue weighted by Gasteiger charge is 2.29. The van der Waals surface area contributed by atoms with Gasteiger partial charge in [-0.05, 0) is 37.3 Å². The van der Waals surface area contributed by atoms with Gasteiger partial charge in [0.2, 0.25) is 0 Å². The van der Waals surface area contributed by atoms with Gasteiger partial charge < -0.3 is 14.6 Å². The molecular weight excluding hydrogens is 314 g/mol. The zero-order valence-electron chi connectivity index (χ0n) is 14.6. The fourth-order valence-electron chi connectivity index (χ4n) is 3.77. The Morgan fingerprint density at radius 2 is 1.96 bits per heavy atom. The third-order valence-electron chi connectivity index (χ3n) is 5.25. The molecule has 0 saturated carbocycles. The van der Waals surface area contributed by atoms with Crippen LogP contribution in [0.2, 0.25) is 0 Å². The normalized spacial score (nSPS) is 17.2. The van der Waals surface area contributed by atoms with Crippen LogP contribution in [0.1, 0.15) is 30.3 Å². The molecule has 0 aliphatic carbocycles. The molecule has 4 rings (SSSR count). The van der Waals surface area contributed by atoms with Crippen LogP contribution >= 0.6 is 0 Å². The quantitative estimate of drug-likeness (QED) is 0.796. The minimum Gasteiger partial charge on any atom is -0.385 e. The zero-order chi connectivity index (χ0) is 17.4. The van der Waals surface area contributed by atoms with Crippen LogP contribution in [-0.2, 0) is 7.05 Å². The summed E-state index contributed by atoms with van der Waals surface area (Å²) < 4.78 is 1.90. The molecule has 1 unspecified atom stereocenters. The van der Waals surface area contributed by atoms with E-state index in [2.05, 4.69) is 45.0 Å². The van der Waals surface area contributed by atoms with Crippen LogP contribution in [0.4, 0.5) is 5.82 Å². The van der Waals surface area contributed by atoms with E-state index in [0.29, 0.717) is 0 Å². The lowest BCUT2D eigenvalue weighted by Crippen LogP contribution is -2.36. The maximum atomic E-state index is 10.7. The molecule has 3 heterocycles. The number of benzene rings is 1. The van der Waals surface area contributed by atoms with E-state index in [4.69, 9.17) is 0 Å². The number of anilines is 1. The van der Waals surface area contributed by atoms with Gasteiger partial charge >= 0.3 is 0 Å². The Morgan fingerprint density at radius 1 is 1.16 bits per heavy atom. The topological polar surface area (TPSA) is 67.1 Å². The summed E-state index contributed by atoms with van der Waals surface area (Å²) in [6, 6.07) is 6.23. The second-order valence-electron chi connectivity index (χ2n) is 6.83. The maximum absolute atomic E-state index is 10.7. The first-order chi connectivity index (χ1) is 12.1. The minimum absolute atomic E-state index is 0.229. The van der Waals surface area contributed by atoms with Crippen LogP contribution in [-0.4, -0.2) is 37.7 Å². The van der Waals surface area contributed by atoms with Crippen molar-refractivity contribution in [2.45, 2.75) is 25.9 Å². The molecule has 6 heteroatoms. The number of aromatic nitrogens is 4. The average Bonchev–Trinajstić information content (AvgIpc) is 3.07. The zero-order valence-corrected chi connectivity index (χ0v) is 14.6. The van der Waals surface area contributed by atoms with Gasteiger partial charge in [0, 0.05) is 37.9 Å². The van der Waals surface area contributed by atoms with Crippen LogP contribution in [0.15, 0.2) is 36.9 Å². The highest BCUT2D eigenvalue weighted by molar-refractivity contribution is 5.91. The van der Waals surface area contributed by atoms with Crippen LogP contribution in [0.25, 0.3) is 10.9 Å². The van der Waals surface area contributed by atoms with E-state index in [1.54, 1.807) is 12.5 Å². The Hall–Kier alpha value is -2.47. The van der Waals surface area contributed by atoms with Crippen molar-refractivity contribution in [3.63, 3.8) is 0 Å². The monoisotopic (exact) mass is 337 g/mol. The first-order valence-corrected chi connectivity index (χ1v) is 8.75.